The molecule has 33 heavy (non-hydrogen) atoms. The van der Waals surface area contributed by atoms with E-state index in [0.29, 0.717) is 11.3 Å². The molecule has 5 nitrogen and oxygen atoms in total. The average Bonchev–Trinajstić information content (AvgIpc) is 3.12. The molecule has 172 valence electrons. The number of hydrogen-bond donors (Lipinski definition) is 2. The van der Waals surface area contributed by atoms with Crippen LogP contribution in [0.4, 0.5) is 18.9 Å². The van der Waals surface area contributed by atoms with Crippen molar-refractivity contribution in [2.75, 3.05) is 4.72 Å². The summed E-state index contributed by atoms with van der Waals surface area (Å²) >= 11 is 0. The summed E-state index contributed by atoms with van der Waals surface area (Å²) in [5.74, 6) is 0.244. The Hall–Kier alpha value is -3.30. The summed E-state index contributed by atoms with van der Waals surface area (Å²) in [6, 6.07) is 17.7. The molecule has 4 aromatic rings. The maximum atomic E-state index is 12.9. The minimum Gasteiger partial charge on any atom is -0.316 e. The standard InChI is InChI=1S/C24H22F3N3O2S/c1-15(2)22-14-30(20-10-8-19(9-11-20)29-33(28,31)32)23-13-17(5-12-21(22)23)16-3-6-18(7-4-16)24(25,26)27/h3-15,29H,1-2H3,(H2,28,31,32). The van der Waals surface area contributed by atoms with Crippen molar-refractivity contribution in [2.24, 2.45) is 5.14 Å². The van der Waals surface area contributed by atoms with Crippen molar-refractivity contribution >= 4 is 26.8 Å². The van der Waals surface area contributed by atoms with Gasteiger partial charge in [0.2, 0.25) is 0 Å². The Morgan fingerprint density at radius 3 is 2.06 bits per heavy atom. The zero-order chi connectivity index (χ0) is 24.0. The van der Waals surface area contributed by atoms with E-state index in [-0.39, 0.29) is 5.92 Å². The minimum atomic E-state index is -4.38. The molecule has 0 aliphatic heterocycles. The Morgan fingerprint density at radius 2 is 1.52 bits per heavy atom. The van der Waals surface area contributed by atoms with Crippen LogP contribution in [0, 0.1) is 0 Å². The van der Waals surface area contributed by atoms with Crippen molar-refractivity contribution in [1.82, 2.24) is 4.57 Å². The third-order valence-corrected chi connectivity index (χ3v) is 5.93. The van der Waals surface area contributed by atoms with Crippen molar-refractivity contribution in [3.8, 4) is 16.8 Å². The Balaban J connectivity index is 1.80. The largest absolute Gasteiger partial charge is 0.416 e. The Labute approximate surface area is 189 Å². The molecule has 0 atom stereocenters. The van der Waals surface area contributed by atoms with E-state index in [4.69, 9.17) is 5.14 Å². The molecule has 0 fully saturated rings. The molecule has 0 radical (unpaired) electrons. The third kappa shape index (κ3) is 4.89. The fourth-order valence-corrected chi connectivity index (χ4v) is 4.28. The maximum Gasteiger partial charge on any atom is 0.416 e. The van der Waals surface area contributed by atoms with Crippen molar-refractivity contribution in [1.29, 1.82) is 0 Å². The highest BCUT2D eigenvalue weighted by molar-refractivity contribution is 7.90. The van der Waals surface area contributed by atoms with Crippen LogP contribution in [0.15, 0.2) is 72.9 Å². The molecule has 0 bridgehead atoms. The molecule has 0 spiro atoms. The Bertz CT molecular complexity index is 1410. The van der Waals surface area contributed by atoms with Gasteiger partial charge in [-0.2, -0.15) is 21.6 Å². The van der Waals surface area contributed by atoms with Crippen molar-refractivity contribution in [3.05, 3.63) is 84.1 Å². The quantitative estimate of drug-likeness (QED) is 0.370. The number of nitrogens with one attached hydrogen (secondary N) is 1. The zero-order valence-electron chi connectivity index (χ0n) is 17.9. The number of benzene rings is 3. The first-order valence-corrected chi connectivity index (χ1v) is 11.7. The van der Waals surface area contributed by atoms with E-state index in [2.05, 4.69) is 18.6 Å². The van der Waals surface area contributed by atoms with E-state index in [1.807, 2.05) is 29.0 Å². The van der Waals surface area contributed by atoms with Crippen LogP contribution in [-0.4, -0.2) is 13.0 Å². The van der Waals surface area contributed by atoms with Gasteiger partial charge in [-0.05, 0) is 65.1 Å². The topological polar surface area (TPSA) is 77.1 Å². The van der Waals surface area contributed by atoms with Crippen LogP contribution in [-0.2, 0) is 16.4 Å². The molecule has 1 aromatic heterocycles. The fraction of sp³-hybridized carbons (Fsp3) is 0.167. The number of fused-ring (bicyclic) bond motifs is 1. The minimum absolute atomic E-state index is 0.244. The first kappa shape index (κ1) is 22.9. The Kier molecular flexibility index (Phi) is 5.71. The van der Waals surface area contributed by atoms with E-state index < -0.39 is 21.9 Å². The highest BCUT2D eigenvalue weighted by Crippen LogP contribution is 2.35. The van der Waals surface area contributed by atoms with Gasteiger partial charge in [-0.1, -0.05) is 38.1 Å². The smallest absolute Gasteiger partial charge is 0.316 e. The lowest BCUT2D eigenvalue weighted by Crippen LogP contribution is -2.21. The molecule has 0 unspecified atom stereocenters. The molecule has 0 amide bonds. The number of anilines is 1. The molecular formula is C24H22F3N3O2S. The van der Waals surface area contributed by atoms with Gasteiger partial charge in [-0.25, -0.2) is 5.14 Å². The molecule has 0 saturated carbocycles. The van der Waals surface area contributed by atoms with Crippen LogP contribution < -0.4 is 9.86 Å². The molecule has 4 rings (SSSR count). The lowest BCUT2D eigenvalue weighted by molar-refractivity contribution is -0.137. The number of hydrogen-bond acceptors (Lipinski definition) is 2. The summed E-state index contributed by atoms with van der Waals surface area (Å²) in [7, 11) is -3.87. The molecule has 3 N–H and O–H groups in total. The van der Waals surface area contributed by atoms with Gasteiger partial charge in [0.15, 0.2) is 0 Å². The van der Waals surface area contributed by atoms with E-state index in [1.54, 1.807) is 24.3 Å². The van der Waals surface area contributed by atoms with Gasteiger partial charge in [0, 0.05) is 23.0 Å². The average molecular weight is 474 g/mol. The second-order valence-electron chi connectivity index (χ2n) is 8.11. The summed E-state index contributed by atoms with van der Waals surface area (Å²) < 4.78 is 65.5. The van der Waals surface area contributed by atoms with E-state index in [9.17, 15) is 21.6 Å². The molecule has 0 aliphatic carbocycles. The zero-order valence-corrected chi connectivity index (χ0v) is 18.7. The van der Waals surface area contributed by atoms with E-state index in [1.165, 1.54) is 12.1 Å². The fourth-order valence-electron chi connectivity index (χ4n) is 3.81. The molecule has 0 aliphatic rings. The van der Waals surface area contributed by atoms with Crippen LogP contribution in [0.25, 0.3) is 27.7 Å². The van der Waals surface area contributed by atoms with Gasteiger partial charge in [-0.15, -0.1) is 0 Å². The van der Waals surface area contributed by atoms with Gasteiger partial charge in [0.05, 0.1) is 11.1 Å². The number of nitrogens with zero attached hydrogens (tertiary/aromatic N) is 1. The van der Waals surface area contributed by atoms with E-state index in [0.717, 1.165) is 39.8 Å². The highest BCUT2D eigenvalue weighted by atomic mass is 32.2. The van der Waals surface area contributed by atoms with Crippen molar-refractivity contribution in [3.63, 3.8) is 0 Å². The van der Waals surface area contributed by atoms with Gasteiger partial charge >= 0.3 is 6.18 Å². The highest BCUT2D eigenvalue weighted by Gasteiger charge is 2.30. The number of rotatable bonds is 5. The van der Waals surface area contributed by atoms with Gasteiger partial charge in [0.1, 0.15) is 0 Å². The third-order valence-electron chi connectivity index (χ3n) is 5.41. The van der Waals surface area contributed by atoms with Crippen LogP contribution in [0.3, 0.4) is 0 Å². The van der Waals surface area contributed by atoms with Gasteiger partial charge in [0.25, 0.3) is 10.2 Å². The van der Waals surface area contributed by atoms with Crippen molar-refractivity contribution < 1.29 is 21.6 Å². The second-order valence-corrected chi connectivity index (χ2v) is 9.40. The molecule has 9 heteroatoms. The second kappa shape index (κ2) is 8.24. The number of alkyl halides is 3. The molecular weight excluding hydrogens is 451 g/mol. The maximum absolute atomic E-state index is 12.9. The molecule has 1 heterocycles. The van der Waals surface area contributed by atoms with Gasteiger partial charge < -0.3 is 4.57 Å². The number of nitrogens with two attached hydrogens (primary N) is 1. The lowest BCUT2D eigenvalue weighted by Gasteiger charge is -2.10. The molecule has 3 aromatic carbocycles. The first-order chi connectivity index (χ1) is 15.4. The van der Waals surface area contributed by atoms with Gasteiger partial charge in [-0.3, -0.25) is 4.72 Å². The first-order valence-electron chi connectivity index (χ1n) is 10.2. The summed E-state index contributed by atoms with van der Waals surface area (Å²) in [4.78, 5) is 0. The molecule has 0 saturated heterocycles. The SMILES string of the molecule is CC(C)c1cn(-c2ccc(NS(N)(=O)=O)cc2)c2cc(-c3ccc(C(F)(F)F)cc3)ccc12. The predicted octanol–water partition coefficient (Wildman–Crippen LogP) is 6.06. The summed E-state index contributed by atoms with van der Waals surface area (Å²) in [5, 5.41) is 6.06. The van der Waals surface area contributed by atoms with Crippen LogP contribution in [0.1, 0.15) is 30.9 Å². The number of halogens is 3. The summed E-state index contributed by atoms with van der Waals surface area (Å²) in [5.41, 5.74) is 3.93. The summed E-state index contributed by atoms with van der Waals surface area (Å²) in [6.45, 7) is 4.17. The lowest BCUT2D eigenvalue weighted by atomic mass is 9.99. The van der Waals surface area contributed by atoms with Crippen LogP contribution in [0.2, 0.25) is 0 Å². The Morgan fingerprint density at radius 1 is 0.909 bits per heavy atom. The van der Waals surface area contributed by atoms with E-state index >= 15 is 0 Å². The predicted molar refractivity (Wildman–Crippen MR) is 125 cm³/mol. The number of aromatic nitrogens is 1. The normalized spacial score (nSPS) is 12.5. The van der Waals surface area contributed by atoms with Crippen LogP contribution >= 0.6 is 0 Å². The van der Waals surface area contributed by atoms with Crippen molar-refractivity contribution in [2.45, 2.75) is 25.9 Å². The summed E-state index contributed by atoms with van der Waals surface area (Å²) in [6.07, 6.45) is -2.36. The monoisotopic (exact) mass is 473 g/mol. The van der Waals surface area contributed by atoms with Crippen LogP contribution in [0.5, 0.6) is 0 Å².